The van der Waals surface area contributed by atoms with Crippen molar-refractivity contribution in [2.45, 2.75) is 18.9 Å². The number of hydroxylamine groups is 1. The average Bonchev–Trinajstić information content (AvgIpc) is 2.63. The summed E-state index contributed by atoms with van der Waals surface area (Å²) in [6.07, 6.45) is 4.28. The molecule has 1 N–H and O–H groups in total. The first kappa shape index (κ1) is 9.74. The molecule has 0 radical (unpaired) electrons. The van der Waals surface area contributed by atoms with Crippen molar-refractivity contribution >= 4 is 15.9 Å². The van der Waals surface area contributed by atoms with Gasteiger partial charge in [0.15, 0.2) is 0 Å². The molecule has 3 heteroatoms. The van der Waals surface area contributed by atoms with E-state index in [1.807, 2.05) is 12.1 Å². The summed E-state index contributed by atoms with van der Waals surface area (Å²) in [6.45, 7) is 0. The second-order valence-electron chi connectivity index (χ2n) is 3.30. The van der Waals surface area contributed by atoms with Gasteiger partial charge in [-0.2, -0.15) is 0 Å². The molecule has 0 spiro atoms. The van der Waals surface area contributed by atoms with E-state index in [2.05, 4.69) is 45.7 Å². The van der Waals surface area contributed by atoms with E-state index in [-0.39, 0.29) is 6.10 Å². The van der Waals surface area contributed by atoms with Crippen molar-refractivity contribution in [1.82, 2.24) is 5.48 Å². The first-order chi connectivity index (χ1) is 6.84. The molecule has 0 aromatic heterocycles. The highest BCUT2D eigenvalue weighted by Gasteiger charge is 2.13. The first-order valence-electron chi connectivity index (χ1n) is 4.67. The molecule has 1 atom stereocenters. The predicted octanol–water partition coefficient (Wildman–Crippen LogP) is 2.76. The minimum Gasteiger partial charge on any atom is -0.268 e. The smallest absolute Gasteiger partial charge is 0.107 e. The standard InChI is InChI=1S/C11H12BrNO/c12-11-8-10(14-13-11)7-6-9-4-2-1-3-5-9/h1-5,8,10,13H,6-7H2/t10-/m1/s1. The largest absolute Gasteiger partial charge is 0.268 e. The van der Waals surface area contributed by atoms with Crippen LogP contribution in [0.1, 0.15) is 12.0 Å². The number of hydrogen-bond acceptors (Lipinski definition) is 2. The number of benzene rings is 1. The van der Waals surface area contributed by atoms with E-state index in [0.717, 1.165) is 17.4 Å². The van der Waals surface area contributed by atoms with Gasteiger partial charge in [0, 0.05) is 0 Å². The molecule has 1 aromatic rings. The Hall–Kier alpha value is -0.800. The summed E-state index contributed by atoms with van der Waals surface area (Å²) < 4.78 is 0.926. The van der Waals surface area contributed by atoms with E-state index >= 15 is 0 Å². The van der Waals surface area contributed by atoms with Gasteiger partial charge in [-0.15, -0.1) is 0 Å². The summed E-state index contributed by atoms with van der Waals surface area (Å²) in [7, 11) is 0. The van der Waals surface area contributed by atoms with Gasteiger partial charge >= 0.3 is 0 Å². The molecular formula is C11H12BrNO. The number of hydrogen-bond donors (Lipinski definition) is 1. The molecule has 1 heterocycles. The fourth-order valence-electron chi connectivity index (χ4n) is 1.46. The van der Waals surface area contributed by atoms with E-state index in [1.165, 1.54) is 5.56 Å². The van der Waals surface area contributed by atoms with Crippen molar-refractivity contribution in [2.75, 3.05) is 0 Å². The molecule has 1 aromatic carbocycles. The normalized spacial score (nSPS) is 20.4. The molecule has 0 bridgehead atoms. The van der Waals surface area contributed by atoms with Gasteiger partial charge in [-0.25, -0.2) is 0 Å². The molecule has 2 rings (SSSR count). The molecule has 14 heavy (non-hydrogen) atoms. The number of rotatable bonds is 3. The number of halogens is 1. The lowest BCUT2D eigenvalue weighted by atomic mass is 10.1. The van der Waals surface area contributed by atoms with E-state index < -0.39 is 0 Å². The third-order valence-corrected chi connectivity index (χ3v) is 2.63. The van der Waals surface area contributed by atoms with E-state index in [0.29, 0.717) is 0 Å². The minimum atomic E-state index is 0.185. The van der Waals surface area contributed by atoms with Crippen LogP contribution in [-0.2, 0) is 11.3 Å². The number of aryl methyl sites for hydroxylation is 1. The Morgan fingerprint density at radius 1 is 1.29 bits per heavy atom. The topological polar surface area (TPSA) is 21.3 Å². The highest BCUT2D eigenvalue weighted by molar-refractivity contribution is 9.11. The molecule has 0 aliphatic carbocycles. The van der Waals surface area contributed by atoms with Crippen molar-refractivity contribution in [3.63, 3.8) is 0 Å². The molecule has 0 saturated heterocycles. The third kappa shape index (κ3) is 2.59. The van der Waals surface area contributed by atoms with Crippen LogP contribution >= 0.6 is 15.9 Å². The van der Waals surface area contributed by atoms with Gasteiger partial charge < -0.3 is 0 Å². The zero-order valence-corrected chi connectivity index (χ0v) is 9.33. The lowest BCUT2D eigenvalue weighted by Crippen LogP contribution is -2.11. The second-order valence-corrected chi connectivity index (χ2v) is 4.15. The van der Waals surface area contributed by atoms with Crippen LogP contribution in [0.15, 0.2) is 41.0 Å². The lowest BCUT2D eigenvalue weighted by molar-refractivity contribution is 0.0419. The van der Waals surface area contributed by atoms with Crippen molar-refractivity contribution in [2.24, 2.45) is 0 Å². The van der Waals surface area contributed by atoms with Crippen LogP contribution in [0.2, 0.25) is 0 Å². The Labute approximate surface area is 92.0 Å². The zero-order valence-electron chi connectivity index (χ0n) is 7.74. The van der Waals surface area contributed by atoms with Gasteiger partial charge in [-0.3, -0.25) is 10.3 Å². The van der Waals surface area contributed by atoms with Gasteiger partial charge in [0.05, 0.1) is 0 Å². The summed E-state index contributed by atoms with van der Waals surface area (Å²) in [6, 6.07) is 10.4. The molecule has 0 unspecified atom stereocenters. The van der Waals surface area contributed by atoms with Crippen LogP contribution < -0.4 is 5.48 Å². The maximum Gasteiger partial charge on any atom is 0.107 e. The van der Waals surface area contributed by atoms with Crippen molar-refractivity contribution in [3.8, 4) is 0 Å². The Kier molecular flexibility index (Phi) is 3.22. The first-order valence-corrected chi connectivity index (χ1v) is 5.47. The maximum atomic E-state index is 5.30. The third-order valence-electron chi connectivity index (χ3n) is 2.20. The predicted molar refractivity (Wildman–Crippen MR) is 59.8 cm³/mol. The maximum absolute atomic E-state index is 5.30. The summed E-state index contributed by atoms with van der Waals surface area (Å²) in [5.41, 5.74) is 4.14. The fourth-order valence-corrected chi connectivity index (χ4v) is 1.85. The summed E-state index contributed by atoms with van der Waals surface area (Å²) in [4.78, 5) is 5.30. The summed E-state index contributed by atoms with van der Waals surface area (Å²) >= 11 is 3.33. The van der Waals surface area contributed by atoms with Gasteiger partial charge in [-0.1, -0.05) is 30.3 Å². The average molecular weight is 254 g/mol. The highest BCUT2D eigenvalue weighted by atomic mass is 79.9. The summed E-state index contributed by atoms with van der Waals surface area (Å²) in [5.74, 6) is 0. The Morgan fingerprint density at radius 3 is 2.71 bits per heavy atom. The minimum absolute atomic E-state index is 0.185. The quantitative estimate of drug-likeness (QED) is 0.837. The van der Waals surface area contributed by atoms with Gasteiger partial charge in [0.25, 0.3) is 0 Å². The van der Waals surface area contributed by atoms with Crippen molar-refractivity contribution in [1.29, 1.82) is 0 Å². The fraction of sp³-hybridized carbons (Fsp3) is 0.273. The van der Waals surface area contributed by atoms with Crippen LogP contribution in [0.4, 0.5) is 0 Å². The zero-order chi connectivity index (χ0) is 9.80. The van der Waals surface area contributed by atoms with Crippen molar-refractivity contribution in [3.05, 3.63) is 46.6 Å². The van der Waals surface area contributed by atoms with Crippen LogP contribution in [0.5, 0.6) is 0 Å². The molecule has 0 fully saturated rings. The molecule has 0 amide bonds. The second kappa shape index (κ2) is 4.62. The number of nitrogens with one attached hydrogen (secondary N) is 1. The summed E-state index contributed by atoms with van der Waals surface area (Å²) in [5, 5.41) is 0. The van der Waals surface area contributed by atoms with Gasteiger partial charge in [0.1, 0.15) is 10.7 Å². The molecular weight excluding hydrogens is 242 g/mol. The van der Waals surface area contributed by atoms with E-state index in [9.17, 15) is 0 Å². The SMILES string of the molecule is BrC1=C[C@@H](CCc2ccccc2)ON1. The highest BCUT2D eigenvalue weighted by Crippen LogP contribution is 2.16. The Balaban J connectivity index is 1.84. The molecule has 74 valence electrons. The van der Waals surface area contributed by atoms with Gasteiger partial charge in [-0.05, 0) is 40.4 Å². The Bertz CT molecular complexity index is 323. The van der Waals surface area contributed by atoms with Crippen LogP contribution in [0, 0.1) is 0 Å². The monoisotopic (exact) mass is 253 g/mol. The van der Waals surface area contributed by atoms with Crippen LogP contribution in [0.3, 0.4) is 0 Å². The van der Waals surface area contributed by atoms with Crippen molar-refractivity contribution < 1.29 is 4.84 Å². The van der Waals surface area contributed by atoms with E-state index in [4.69, 9.17) is 4.84 Å². The molecule has 1 aliphatic heterocycles. The van der Waals surface area contributed by atoms with Crippen LogP contribution in [0.25, 0.3) is 0 Å². The van der Waals surface area contributed by atoms with Gasteiger partial charge in [0.2, 0.25) is 0 Å². The van der Waals surface area contributed by atoms with Crippen LogP contribution in [-0.4, -0.2) is 6.10 Å². The molecule has 1 aliphatic rings. The van der Waals surface area contributed by atoms with E-state index in [1.54, 1.807) is 0 Å². The molecule has 0 saturated carbocycles. The lowest BCUT2D eigenvalue weighted by Gasteiger charge is -2.06. The Morgan fingerprint density at radius 2 is 2.07 bits per heavy atom. The molecule has 2 nitrogen and oxygen atoms in total.